The number of carboxylic acid groups (broad SMARTS) is 1. The highest BCUT2D eigenvalue weighted by atomic mass is 35.5. The highest BCUT2D eigenvalue weighted by molar-refractivity contribution is 6.67. The molecule has 0 saturated carbocycles. The van der Waals surface area contributed by atoms with E-state index in [0.717, 1.165) is 44.3 Å². The summed E-state index contributed by atoms with van der Waals surface area (Å²) in [5.41, 5.74) is -7.85. The van der Waals surface area contributed by atoms with Gasteiger partial charge in [-0.05, 0) is 29.8 Å². The molecule has 0 bridgehead atoms. The van der Waals surface area contributed by atoms with E-state index in [-0.39, 0.29) is 44.1 Å². The number of halogens is 14. The molecule has 2 saturated heterocycles. The Balaban J connectivity index is 0.000000390. The average molecular weight is 862 g/mol. The smallest absolute Gasteiger partial charge is 0.436 e. The summed E-state index contributed by atoms with van der Waals surface area (Å²) in [5, 5.41) is 10.1. The molecule has 0 spiro atoms. The highest BCUT2D eigenvalue weighted by Gasteiger charge is 2.40. The van der Waals surface area contributed by atoms with E-state index in [1.54, 1.807) is 0 Å². The van der Waals surface area contributed by atoms with E-state index in [1.165, 1.54) is 4.90 Å². The molecule has 5 heterocycles. The van der Waals surface area contributed by atoms with Gasteiger partial charge in [-0.3, -0.25) is 19.2 Å². The molecule has 0 aromatic carbocycles. The average Bonchev–Trinajstić information content (AvgIpc) is 3.08. The van der Waals surface area contributed by atoms with E-state index in [9.17, 15) is 76.7 Å². The fourth-order valence-electron chi connectivity index (χ4n) is 4.24. The van der Waals surface area contributed by atoms with Gasteiger partial charge in [-0.2, -0.15) is 39.5 Å². The third kappa shape index (κ3) is 14.3. The number of likely N-dealkylation sites (tertiary alicyclic amines) is 1. The molecule has 25 heteroatoms. The van der Waals surface area contributed by atoms with Gasteiger partial charge in [0.05, 0.1) is 16.7 Å². The lowest BCUT2D eigenvalue weighted by Gasteiger charge is -2.26. The Morgan fingerprint density at radius 2 is 0.964 bits per heavy atom. The summed E-state index contributed by atoms with van der Waals surface area (Å²) in [6.07, 6.45) is -11.2. The molecular weight excluding hydrogens is 837 g/mol. The van der Waals surface area contributed by atoms with Gasteiger partial charge in [0.1, 0.15) is 11.6 Å². The van der Waals surface area contributed by atoms with E-state index in [1.807, 2.05) is 0 Å². The van der Waals surface area contributed by atoms with Gasteiger partial charge in [0.15, 0.2) is 34.5 Å². The summed E-state index contributed by atoms with van der Waals surface area (Å²) in [7, 11) is 0. The van der Waals surface area contributed by atoms with Crippen molar-refractivity contribution in [3.05, 3.63) is 88.0 Å². The molecule has 3 aromatic heterocycles. The van der Waals surface area contributed by atoms with Crippen molar-refractivity contribution in [2.24, 2.45) is 0 Å². The standard InChI is InChI=1S/C12H10F4N2O2.C7H2ClF4NO.C7H3F4NO2.C5H9NO.ClH/c13-9-8(1-4-17-10(9)12(14,15)16)11(20)18-5-2-7(19)3-6-18;8-6(14)3-1-2-13-5(4(3)9)7(10,11)12;8-4-3(6(13)14)1-2-12-5(4)7(9,10)11;7-5-1-3-6-4-2-5;/h1,4H,2-3,5-6H2;1-2H;1-2H,(H,13,14);6H,1-4H2;1H. The minimum atomic E-state index is -4.99. The van der Waals surface area contributed by atoms with Gasteiger partial charge in [0, 0.05) is 70.5 Å². The minimum Gasteiger partial charge on any atom is -0.478 e. The fraction of sp³-hybridized carbons (Fsp3) is 0.355. The van der Waals surface area contributed by atoms with E-state index in [4.69, 9.17) is 16.7 Å². The summed E-state index contributed by atoms with van der Waals surface area (Å²) in [5.74, 6) is -7.55. The fourth-order valence-corrected chi connectivity index (χ4v) is 4.39. The van der Waals surface area contributed by atoms with Gasteiger partial charge in [0.25, 0.3) is 11.1 Å². The van der Waals surface area contributed by atoms with E-state index < -0.39 is 86.9 Å². The summed E-state index contributed by atoms with van der Waals surface area (Å²) in [6.45, 7) is 1.94. The maximum atomic E-state index is 13.8. The first kappa shape index (κ1) is 49.1. The van der Waals surface area contributed by atoms with Crippen LogP contribution in [0.25, 0.3) is 0 Å². The molecule has 308 valence electrons. The first-order valence-corrected chi connectivity index (χ1v) is 15.4. The van der Waals surface area contributed by atoms with Crippen molar-refractivity contribution in [1.82, 2.24) is 25.2 Å². The third-order valence-corrected chi connectivity index (χ3v) is 7.12. The van der Waals surface area contributed by atoms with Crippen molar-refractivity contribution in [2.75, 3.05) is 26.2 Å². The Bertz CT molecular complexity index is 1800. The number of carbonyl (C=O) groups is 5. The van der Waals surface area contributed by atoms with Crippen molar-refractivity contribution >= 4 is 52.7 Å². The molecule has 1 amide bonds. The number of pyridine rings is 3. The highest BCUT2D eigenvalue weighted by Crippen LogP contribution is 2.33. The van der Waals surface area contributed by atoms with Crippen molar-refractivity contribution in [2.45, 2.75) is 44.2 Å². The lowest BCUT2D eigenvalue weighted by atomic mass is 10.1. The predicted octanol–water partition coefficient (Wildman–Crippen LogP) is 6.96. The monoisotopic (exact) mass is 861 g/mol. The maximum Gasteiger partial charge on any atom is 0.436 e. The first-order valence-electron chi connectivity index (χ1n) is 15.0. The summed E-state index contributed by atoms with van der Waals surface area (Å²) >= 11 is 4.86. The molecular formula is C31H25Cl2F12N5O6. The second-order valence-corrected chi connectivity index (χ2v) is 11.1. The lowest BCUT2D eigenvalue weighted by molar-refractivity contribution is -0.144. The summed E-state index contributed by atoms with van der Waals surface area (Å²) < 4.78 is 149. The van der Waals surface area contributed by atoms with Gasteiger partial charge in [-0.1, -0.05) is 0 Å². The zero-order valence-corrected chi connectivity index (χ0v) is 29.3. The number of ketones is 2. The van der Waals surface area contributed by atoms with Crippen LogP contribution >= 0.6 is 24.0 Å². The number of piperidine rings is 2. The maximum absolute atomic E-state index is 13.8. The van der Waals surface area contributed by atoms with Crippen LogP contribution in [0.1, 0.15) is 73.8 Å². The Labute approximate surface area is 317 Å². The molecule has 0 atom stereocenters. The third-order valence-electron chi connectivity index (χ3n) is 6.92. The first-order chi connectivity index (χ1) is 25.4. The molecule has 11 nitrogen and oxygen atoms in total. The van der Waals surface area contributed by atoms with Crippen molar-refractivity contribution in [3.63, 3.8) is 0 Å². The quantitative estimate of drug-likeness (QED) is 0.208. The largest absolute Gasteiger partial charge is 0.478 e. The molecule has 5 rings (SSSR count). The number of hydrogen-bond donors (Lipinski definition) is 2. The van der Waals surface area contributed by atoms with Crippen LogP contribution in [0.15, 0.2) is 36.8 Å². The molecule has 3 aromatic rings. The van der Waals surface area contributed by atoms with Crippen LogP contribution in [0.4, 0.5) is 52.7 Å². The zero-order chi connectivity index (χ0) is 41.9. The number of aromatic carboxylic acids is 1. The second kappa shape index (κ2) is 20.9. The van der Waals surface area contributed by atoms with Crippen molar-refractivity contribution in [3.8, 4) is 0 Å². The van der Waals surface area contributed by atoms with Crippen LogP contribution in [-0.4, -0.2) is 79.8 Å². The summed E-state index contributed by atoms with van der Waals surface area (Å²) in [6, 6.07) is 2.34. The minimum absolute atomic E-state index is 0. The van der Waals surface area contributed by atoms with Crippen LogP contribution in [-0.2, 0) is 28.1 Å². The van der Waals surface area contributed by atoms with Crippen LogP contribution < -0.4 is 5.32 Å². The Morgan fingerprint density at radius 1 is 0.625 bits per heavy atom. The number of amides is 1. The van der Waals surface area contributed by atoms with Crippen molar-refractivity contribution in [1.29, 1.82) is 0 Å². The van der Waals surface area contributed by atoms with Crippen molar-refractivity contribution < 1.29 is 81.8 Å². The molecule has 0 aliphatic carbocycles. The molecule has 2 fully saturated rings. The number of carbonyl (C=O) groups excluding carboxylic acids is 4. The Morgan fingerprint density at radius 3 is 1.30 bits per heavy atom. The van der Waals surface area contributed by atoms with Gasteiger partial charge < -0.3 is 15.3 Å². The lowest BCUT2D eigenvalue weighted by Crippen LogP contribution is -2.39. The van der Waals surface area contributed by atoms with E-state index in [0.29, 0.717) is 24.2 Å². The van der Waals surface area contributed by atoms with Crippen LogP contribution in [0.3, 0.4) is 0 Å². The molecule has 2 aliphatic rings. The Kier molecular flexibility index (Phi) is 18.3. The van der Waals surface area contributed by atoms with E-state index >= 15 is 0 Å². The van der Waals surface area contributed by atoms with Gasteiger partial charge in [0.2, 0.25) is 0 Å². The second-order valence-electron chi connectivity index (χ2n) is 10.8. The summed E-state index contributed by atoms with van der Waals surface area (Å²) in [4.78, 5) is 63.8. The number of aromatic nitrogens is 3. The van der Waals surface area contributed by atoms with Gasteiger partial charge in [-0.15, -0.1) is 12.4 Å². The molecule has 2 aliphatic heterocycles. The molecule has 56 heavy (non-hydrogen) atoms. The van der Waals surface area contributed by atoms with Crippen LogP contribution in [0.5, 0.6) is 0 Å². The topological polar surface area (TPSA) is 160 Å². The van der Waals surface area contributed by atoms with Crippen LogP contribution in [0.2, 0.25) is 0 Å². The molecule has 0 radical (unpaired) electrons. The number of alkyl halides is 9. The van der Waals surface area contributed by atoms with Gasteiger partial charge >= 0.3 is 24.5 Å². The zero-order valence-electron chi connectivity index (χ0n) is 27.7. The normalized spacial score (nSPS) is 14.4. The number of nitrogens with zero attached hydrogens (tertiary/aromatic N) is 4. The molecule has 0 unspecified atom stereocenters. The number of carboxylic acids is 1. The Hall–Kier alpha value is -4.90. The van der Waals surface area contributed by atoms with Crippen LogP contribution in [0, 0.1) is 17.5 Å². The predicted molar refractivity (Wildman–Crippen MR) is 169 cm³/mol. The van der Waals surface area contributed by atoms with E-state index in [2.05, 4.69) is 20.3 Å². The number of hydrogen-bond acceptors (Lipinski definition) is 9. The number of Topliss-reactive ketones (excluding diaryl/α,β-unsaturated/α-hetero) is 2. The number of nitrogens with one attached hydrogen (secondary N) is 1. The molecule has 2 N–H and O–H groups in total. The van der Waals surface area contributed by atoms with Gasteiger partial charge in [-0.25, -0.2) is 32.9 Å². The number of rotatable bonds is 3. The SMILES string of the molecule is Cl.O=C(Cl)c1ccnc(C(F)(F)F)c1F.O=C(O)c1ccnc(C(F)(F)F)c1F.O=C1CCN(C(=O)c2ccnc(C(F)(F)F)c2F)CC1.O=C1CCNCC1.